The Morgan fingerprint density at radius 3 is 2.62 bits per heavy atom. The van der Waals surface area contributed by atoms with Crippen LogP contribution in [0.3, 0.4) is 0 Å². The van der Waals surface area contributed by atoms with Crippen molar-refractivity contribution in [1.82, 2.24) is 19.5 Å². The van der Waals surface area contributed by atoms with Crippen molar-refractivity contribution in [2.24, 2.45) is 5.73 Å². The molecule has 0 bridgehead atoms. The summed E-state index contributed by atoms with van der Waals surface area (Å²) in [7, 11) is -1.93. The van der Waals surface area contributed by atoms with E-state index in [1.807, 2.05) is 13.0 Å². The highest BCUT2D eigenvalue weighted by Crippen LogP contribution is 2.44. The molecule has 3 aromatic rings. The van der Waals surface area contributed by atoms with Gasteiger partial charge in [0, 0.05) is 49.0 Å². The molecule has 200 valence electrons. The number of hydrogen-bond acceptors (Lipinski definition) is 7. The van der Waals surface area contributed by atoms with E-state index >= 15 is 0 Å². The van der Waals surface area contributed by atoms with Crippen LogP contribution in [0.5, 0.6) is 0 Å². The normalized spacial score (nSPS) is 18.5. The van der Waals surface area contributed by atoms with Crippen LogP contribution >= 0.6 is 24.0 Å². The first-order valence-corrected chi connectivity index (χ1v) is 14.2. The number of nitrogens with one attached hydrogen (secondary N) is 1. The molecular weight excluding hydrogens is 537 g/mol. The molecule has 2 fully saturated rings. The van der Waals surface area contributed by atoms with Crippen LogP contribution in [0.15, 0.2) is 30.5 Å². The Kier molecular flexibility index (Phi) is 7.62. The maximum atomic E-state index is 13.4. The van der Waals surface area contributed by atoms with Gasteiger partial charge in [-0.15, -0.1) is 12.4 Å². The Bertz CT molecular complexity index is 1440. The quantitative estimate of drug-likeness (QED) is 0.447. The molecule has 2 aromatic heterocycles. The fourth-order valence-corrected chi connectivity index (χ4v) is 5.36. The van der Waals surface area contributed by atoms with Crippen molar-refractivity contribution < 1.29 is 13.2 Å². The average Bonchev–Trinajstić information content (AvgIpc) is 3.44. The summed E-state index contributed by atoms with van der Waals surface area (Å²) in [6, 6.07) is 6.11. The summed E-state index contributed by atoms with van der Waals surface area (Å²) < 4.78 is 27.8. The number of aromatic nitrogens is 3. The van der Waals surface area contributed by atoms with Crippen LogP contribution in [0.4, 0.5) is 11.5 Å². The number of halogens is 2. The van der Waals surface area contributed by atoms with Gasteiger partial charge >= 0.3 is 0 Å². The number of carbonyl (C=O) groups is 1. The highest BCUT2D eigenvalue weighted by molar-refractivity contribution is 7.92. The number of rotatable bonds is 7. The second-order valence-electron chi connectivity index (χ2n) is 9.82. The Hall–Kier alpha value is -2.60. The summed E-state index contributed by atoms with van der Waals surface area (Å²) in [4.78, 5) is 22.1. The van der Waals surface area contributed by atoms with Crippen LogP contribution in [-0.2, 0) is 10.0 Å². The Morgan fingerprint density at radius 2 is 2.00 bits per heavy atom. The second-order valence-corrected chi connectivity index (χ2v) is 12.0. The lowest BCUT2D eigenvalue weighted by Gasteiger charge is -2.24. The van der Waals surface area contributed by atoms with E-state index in [4.69, 9.17) is 27.4 Å². The van der Waals surface area contributed by atoms with Crippen molar-refractivity contribution in [2.75, 3.05) is 36.0 Å². The van der Waals surface area contributed by atoms with Crippen LogP contribution in [0.25, 0.3) is 5.65 Å². The van der Waals surface area contributed by atoms with Crippen molar-refractivity contribution >= 4 is 57.1 Å². The minimum Gasteiger partial charge on any atom is -0.355 e. The van der Waals surface area contributed by atoms with Crippen molar-refractivity contribution in [3.63, 3.8) is 0 Å². The van der Waals surface area contributed by atoms with E-state index in [1.165, 1.54) is 28.7 Å². The molecular formula is C24H31Cl2N7O3S. The highest BCUT2D eigenvalue weighted by Gasteiger charge is 2.32. The Morgan fingerprint density at radius 1 is 1.27 bits per heavy atom. The van der Waals surface area contributed by atoms with E-state index in [9.17, 15) is 13.2 Å². The van der Waals surface area contributed by atoms with Crippen molar-refractivity contribution in [3.05, 3.63) is 52.3 Å². The number of benzene rings is 1. The molecule has 1 aliphatic heterocycles. The zero-order valence-electron chi connectivity index (χ0n) is 20.9. The first kappa shape index (κ1) is 27.4. The molecule has 0 spiro atoms. The van der Waals surface area contributed by atoms with Crippen molar-refractivity contribution in [2.45, 2.75) is 44.2 Å². The molecule has 1 aromatic carbocycles. The predicted molar refractivity (Wildman–Crippen MR) is 147 cm³/mol. The number of amides is 1. The molecule has 2 aliphatic rings. The summed E-state index contributed by atoms with van der Waals surface area (Å²) in [5, 5.41) is 5.07. The third-order valence-corrected chi connectivity index (χ3v) is 7.68. The molecule has 13 heteroatoms. The van der Waals surface area contributed by atoms with Gasteiger partial charge in [0.2, 0.25) is 10.0 Å². The van der Waals surface area contributed by atoms with E-state index in [2.05, 4.69) is 15.8 Å². The van der Waals surface area contributed by atoms with Gasteiger partial charge in [-0.2, -0.15) is 5.10 Å². The molecule has 1 saturated carbocycles. The first-order chi connectivity index (χ1) is 17.0. The molecule has 10 nitrogen and oxygen atoms in total. The van der Waals surface area contributed by atoms with Crippen molar-refractivity contribution in [3.8, 4) is 0 Å². The minimum atomic E-state index is -3.58. The van der Waals surface area contributed by atoms with E-state index in [0.29, 0.717) is 22.3 Å². The number of carbonyl (C=O) groups excluding carboxylic acids is 1. The minimum absolute atomic E-state index is 0. The number of sulfonamides is 1. The van der Waals surface area contributed by atoms with Gasteiger partial charge < -0.3 is 15.5 Å². The zero-order chi connectivity index (χ0) is 25.8. The lowest BCUT2D eigenvalue weighted by molar-refractivity contribution is 0.0740. The standard InChI is InChI=1S/C24H30ClN7O3S.ClH/c1-14(30(2)24(33)18-10-16(25)6-7-20(18)29-36(3,34)35)21-11-22-27-23(31-9-8-17(26)12-31)19(15-4-5-15)13-32(22)28-21;/h6-7,10-11,13-15,17,29H,4-5,8-9,12,26H2,1-3H3;1H/t14-,17-;/m0./s1. The van der Waals surface area contributed by atoms with Crippen LogP contribution in [-0.4, -0.2) is 66.3 Å². The second kappa shape index (κ2) is 10.3. The third-order valence-electron chi connectivity index (χ3n) is 6.85. The molecule has 1 aliphatic carbocycles. The third kappa shape index (κ3) is 5.79. The van der Waals surface area contributed by atoms with E-state index in [1.54, 1.807) is 11.6 Å². The predicted octanol–water partition coefficient (Wildman–Crippen LogP) is 3.42. The van der Waals surface area contributed by atoms with Crippen LogP contribution in [0, 0.1) is 0 Å². The van der Waals surface area contributed by atoms with Gasteiger partial charge in [0.15, 0.2) is 5.65 Å². The maximum Gasteiger partial charge on any atom is 0.256 e. The van der Waals surface area contributed by atoms with Crippen LogP contribution in [0.1, 0.15) is 59.8 Å². The number of hydrogen-bond donors (Lipinski definition) is 2. The van der Waals surface area contributed by atoms with E-state index < -0.39 is 16.1 Å². The van der Waals surface area contributed by atoms with E-state index in [-0.39, 0.29) is 35.6 Å². The van der Waals surface area contributed by atoms with Gasteiger partial charge in [0.1, 0.15) is 5.82 Å². The lowest BCUT2D eigenvalue weighted by Crippen LogP contribution is -2.31. The summed E-state index contributed by atoms with van der Waals surface area (Å²) >= 11 is 6.13. The molecule has 5 rings (SSSR count). The molecule has 0 unspecified atom stereocenters. The summed E-state index contributed by atoms with van der Waals surface area (Å²) in [6.07, 6.45) is 6.33. The number of nitrogens with zero attached hydrogens (tertiary/aromatic N) is 5. The van der Waals surface area contributed by atoms with Gasteiger partial charge in [0.25, 0.3) is 5.91 Å². The summed E-state index contributed by atoms with van der Waals surface area (Å²) in [5.41, 5.74) is 9.06. The number of nitrogens with two attached hydrogens (primary N) is 1. The fraction of sp³-hybridized carbons (Fsp3) is 0.458. The monoisotopic (exact) mass is 567 g/mol. The van der Waals surface area contributed by atoms with Gasteiger partial charge in [-0.25, -0.2) is 17.9 Å². The van der Waals surface area contributed by atoms with Gasteiger partial charge in [-0.05, 0) is 50.3 Å². The smallest absolute Gasteiger partial charge is 0.256 e. The lowest BCUT2D eigenvalue weighted by atomic mass is 10.1. The first-order valence-electron chi connectivity index (χ1n) is 12.0. The van der Waals surface area contributed by atoms with Gasteiger partial charge in [-0.1, -0.05) is 11.6 Å². The molecule has 3 heterocycles. The summed E-state index contributed by atoms with van der Waals surface area (Å²) in [6.45, 7) is 3.55. The van der Waals surface area contributed by atoms with E-state index in [0.717, 1.165) is 44.4 Å². The molecule has 2 atom stereocenters. The molecule has 3 N–H and O–H groups in total. The largest absolute Gasteiger partial charge is 0.355 e. The molecule has 1 amide bonds. The van der Waals surface area contributed by atoms with Crippen LogP contribution < -0.4 is 15.4 Å². The Balaban J connectivity index is 0.00000320. The SMILES string of the molecule is C[C@@H](c1cc2nc(N3CC[C@H](N)C3)c(C3CC3)cn2n1)N(C)C(=O)c1cc(Cl)ccc1NS(C)(=O)=O.Cl. The fourth-order valence-electron chi connectivity index (χ4n) is 4.61. The molecule has 37 heavy (non-hydrogen) atoms. The topological polar surface area (TPSA) is 126 Å². The summed E-state index contributed by atoms with van der Waals surface area (Å²) in [5.74, 6) is 1.09. The Labute approximate surface area is 227 Å². The van der Waals surface area contributed by atoms with Gasteiger partial charge in [0.05, 0.1) is 29.2 Å². The molecule has 1 saturated heterocycles. The highest BCUT2D eigenvalue weighted by atomic mass is 35.5. The zero-order valence-corrected chi connectivity index (χ0v) is 23.3. The maximum absolute atomic E-state index is 13.4. The average molecular weight is 569 g/mol. The van der Waals surface area contributed by atoms with Crippen LogP contribution in [0.2, 0.25) is 5.02 Å². The number of anilines is 2. The molecule has 0 radical (unpaired) electrons. The van der Waals surface area contributed by atoms with Gasteiger partial charge in [-0.3, -0.25) is 9.52 Å². The van der Waals surface area contributed by atoms with Crippen molar-refractivity contribution in [1.29, 1.82) is 0 Å². The number of fused-ring (bicyclic) bond motifs is 1.